The van der Waals surface area contributed by atoms with Gasteiger partial charge in [0.25, 0.3) is 6.43 Å². The first-order valence-electron chi connectivity index (χ1n) is 16.0. The van der Waals surface area contributed by atoms with E-state index in [1.165, 1.54) is 9.80 Å². The summed E-state index contributed by atoms with van der Waals surface area (Å²) in [5, 5.41) is 2.27. The second-order valence-corrected chi connectivity index (χ2v) is 17.4. The number of nitrogens with zero attached hydrogens (tertiary/aromatic N) is 4. The van der Waals surface area contributed by atoms with E-state index in [0.29, 0.717) is 0 Å². The number of rotatable bonds is 8. The maximum Gasteiger partial charge on any atom is 0.414 e. The molecule has 0 unspecified atom stereocenters. The third-order valence-electron chi connectivity index (χ3n) is 8.66. The molecule has 292 valence electrons. The molecule has 6 rings (SSSR count). The number of anilines is 4. The van der Waals surface area contributed by atoms with E-state index in [4.69, 9.17) is 15.2 Å². The highest BCUT2D eigenvalue weighted by Gasteiger charge is 2.36. The molecule has 4 heterocycles. The smallest absolute Gasteiger partial charge is 0.414 e. The molecule has 23 heteroatoms. The molecule has 0 saturated carbocycles. The molecule has 0 spiro atoms. The zero-order valence-corrected chi connectivity index (χ0v) is 30.1. The number of ether oxygens (including phenoxy) is 2. The van der Waals surface area contributed by atoms with Crippen LogP contribution in [-0.2, 0) is 29.1 Å². The minimum atomic E-state index is -3.22. The fourth-order valence-corrected chi connectivity index (χ4v) is 8.36. The monoisotopic (exact) mass is 816 g/mol. The number of hydrogen-bond donors (Lipinski definition) is 2. The molecule has 4 saturated heterocycles. The van der Waals surface area contributed by atoms with Gasteiger partial charge >= 0.3 is 12.2 Å². The van der Waals surface area contributed by atoms with Crippen molar-refractivity contribution in [1.29, 1.82) is 0 Å². The number of thiocarbonyl (C=S) groups is 1. The first-order valence-corrected chi connectivity index (χ1v) is 20.0. The normalized spacial score (nSPS) is 22.3. The van der Waals surface area contributed by atoms with E-state index in [1.807, 2.05) is 0 Å². The van der Waals surface area contributed by atoms with Crippen LogP contribution < -0.4 is 30.7 Å². The Morgan fingerprint density at radius 3 is 1.43 bits per heavy atom. The first-order chi connectivity index (χ1) is 24.9. The van der Waals surface area contributed by atoms with E-state index in [9.17, 15) is 52.8 Å². The molecular weight excluding hydrogens is 783 g/mol. The molecule has 0 aromatic heterocycles. The Morgan fingerprint density at radius 2 is 1.09 bits per heavy atom. The minimum Gasteiger partial charge on any atom is -0.443 e. The Kier molecular flexibility index (Phi) is 12.2. The molecule has 3 N–H and O–H groups in total. The van der Waals surface area contributed by atoms with Crippen molar-refractivity contribution in [2.45, 2.75) is 18.6 Å². The molecule has 0 bridgehead atoms. The fourth-order valence-electron chi connectivity index (χ4n) is 5.88. The summed E-state index contributed by atoms with van der Waals surface area (Å²) in [6, 6.07) is 3.98. The van der Waals surface area contributed by atoms with Crippen LogP contribution >= 0.6 is 12.2 Å². The molecular formula is C30H34F6N6O8S3. The third-order valence-corrected chi connectivity index (χ3v) is 12.2. The van der Waals surface area contributed by atoms with Crippen molar-refractivity contribution < 1.29 is 62.2 Å². The van der Waals surface area contributed by atoms with Gasteiger partial charge in [-0.25, -0.2) is 52.8 Å². The summed E-state index contributed by atoms with van der Waals surface area (Å²) in [5.74, 6) is -4.32. The van der Waals surface area contributed by atoms with Gasteiger partial charge in [-0.2, -0.15) is 0 Å². The van der Waals surface area contributed by atoms with Crippen LogP contribution in [0.4, 0.5) is 58.7 Å². The van der Waals surface area contributed by atoms with Crippen LogP contribution in [-0.4, -0.2) is 128 Å². The average molecular weight is 817 g/mol. The third kappa shape index (κ3) is 9.54. The highest BCUT2D eigenvalue weighted by molar-refractivity contribution is 7.91. The van der Waals surface area contributed by atoms with Crippen LogP contribution in [0.25, 0.3) is 0 Å². The molecule has 2 amide bonds. The van der Waals surface area contributed by atoms with Crippen LogP contribution in [0.1, 0.15) is 0 Å². The van der Waals surface area contributed by atoms with Crippen molar-refractivity contribution in [3.8, 4) is 0 Å². The van der Waals surface area contributed by atoms with Crippen LogP contribution in [0.2, 0.25) is 0 Å². The highest BCUT2D eigenvalue weighted by Crippen LogP contribution is 2.33. The fraction of sp³-hybridized carbons (Fsp3) is 0.500. The van der Waals surface area contributed by atoms with Gasteiger partial charge in [0.05, 0.1) is 54.0 Å². The van der Waals surface area contributed by atoms with Gasteiger partial charge in [0.15, 0.2) is 42.9 Å². The summed E-state index contributed by atoms with van der Waals surface area (Å²) in [6.45, 7) is -0.0805. The number of cyclic esters (lactones) is 2. The number of halogens is 6. The van der Waals surface area contributed by atoms with Crippen molar-refractivity contribution in [3.05, 3.63) is 47.5 Å². The summed E-state index contributed by atoms with van der Waals surface area (Å²) in [4.78, 5) is 27.8. The van der Waals surface area contributed by atoms with Crippen LogP contribution in [0, 0.1) is 23.3 Å². The van der Waals surface area contributed by atoms with E-state index in [2.05, 4.69) is 17.5 Å². The summed E-state index contributed by atoms with van der Waals surface area (Å²) in [5.41, 5.74) is 4.73. The van der Waals surface area contributed by atoms with Crippen molar-refractivity contribution in [1.82, 2.24) is 5.32 Å². The lowest BCUT2D eigenvalue weighted by Crippen LogP contribution is -2.41. The quantitative estimate of drug-likeness (QED) is 0.294. The molecule has 14 nitrogen and oxygen atoms in total. The standard InChI is InChI=1S/C16H17F4N3O4S2.C14H17F2N3O4S/c17-11-5-9(6-12(18)13(11)22-1-3-29(25,26)4-2-22)23-8-10(27-16(23)24)7-21-15(28)14(19)20;15-11-5-9(19-8-10(7-17)23-14(19)20)6-12(16)13(11)18-1-3-24(21,22)4-2-18/h5-6,10,14H,1-4,7-8H2,(H,21,28);5-6,10H,1-4,7-8,17H2/t2*10-/m00/s1. The first kappa shape index (κ1) is 40.1. The van der Waals surface area contributed by atoms with Crippen molar-refractivity contribution in [2.24, 2.45) is 5.73 Å². The van der Waals surface area contributed by atoms with Gasteiger partial charge < -0.3 is 30.3 Å². The zero-order valence-electron chi connectivity index (χ0n) is 27.7. The second-order valence-electron chi connectivity index (χ2n) is 12.3. The maximum absolute atomic E-state index is 14.6. The predicted octanol–water partition coefficient (Wildman–Crippen LogP) is 2.19. The lowest BCUT2D eigenvalue weighted by Gasteiger charge is -2.29. The Labute approximate surface area is 305 Å². The molecule has 4 aliphatic rings. The molecule has 53 heavy (non-hydrogen) atoms. The Morgan fingerprint density at radius 1 is 0.736 bits per heavy atom. The van der Waals surface area contributed by atoms with Gasteiger partial charge in [-0.05, 0) is 0 Å². The van der Waals surface area contributed by atoms with E-state index in [0.717, 1.165) is 34.1 Å². The number of alkyl halides is 2. The summed E-state index contributed by atoms with van der Waals surface area (Å²) >= 11 is 4.43. The van der Waals surface area contributed by atoms with Crippen LogP contribution in [0.15, 0.2) is 24.3 Å². The topological polar surface area (TPSA) is 172 Å². The maximum atomic E-state index is 14.6. The number of hydrogen-bond acceptors (Lipinski definition) is 12. The Hall–Kier alpha value is -4.09. The van der Waals surface area contributed by atoms with Gasteiger partial charge in [-0.1, -0.05) is 12.2 Å². The van der Waals surface area contributed by atoms with Gasteiger partial charge in [0.2, 0.25) is 0 Å². The number of nitrogens with two attached hydrogens (primary N) is 1. The summed E-state index contributed by atoms with van der Waals surface area (Å²) < 4.78 is 139. The van der Waals surface area contributed by atoms with Crippen LogP contribution in [0.5, 0.6) is 0 Å². The minimum absolute atomic E-state index is 0.0243. The highest BCUT2D eigenvalue weighted by atomic mass is 32.2. The lowest BCUT2D eigenvalue weighted by molar-refractivity contribution is 0.141. The van der Waals surface area contributed by atoms with Gasteiger partial charge in [-0.3, -0.25) is 9.80 Å². The number of amides is 2. The lowest BCUT2D eigenvalue weighted by atomic mass is 10.2. The number of sulfone groups is 2. The molecule has 0 radical (unpaired) electrons. The van der Waals surface area contributed by atoms with Gasteiger partial charge in [0, 0.05) is 57.0 Å². The second kappa shape index (κ2) is 16.1. The summed E-state index contributed by atoms with van der Waals surface area (Å²) in [6.07, 6.45) is -5.79. The van der Waals surface area contributed by atoms with Crippen molar-refractivity contribution in [3.63, 3.8) is 0 Å². The van der Waals surface area contributed by atoms with Crippen molar-refractivity contribution >= 4 is 71.8 Å². The summed E-state index contributed by atoms with van der Waals surface area (Å²) in [7, 11) is -6.37. The SMILES string of the molecule is NC[C@H]1CN(c2cc(F)c(N3CCS(=O)(=O)CC3)c(F)c2)C(=O)O1.O=C1O[C@@H](CNC(=S)C(F)F)CN1c1cc(F)c(N2CCS(=O)(=O)CC2)c(F)c1. The zero-order chi connectivity index (χ0) is 38.8. The molecule has 2 aromatic carbocycles. The number of nitrogens with one attached hydrogen (secondary N) is 1. The molecule has 4 fully saturated rings. The number of carbonyl (C=O) groups excluding carboxylic acids is 2. The molecule has 0 aliphatic carbocycles. The largest absolute Gasteiger partial charge is 0.443 e. The Balaban J connectivity index is 0.000000208. The van der Waals surface area contributed by atoms with E-state index in [-0.39, 0.29) is 98.1 Å². The van der Waals surface area contributed by atoms with Crippen LogP contribution in [0.3, 0.4) is 0 Å². The Bertz CT molecular complexity index is 1900. The van der Waals surface area contributed by atoms with E-state index in [1.54, 1.807) is 0 Å². The predicted molar refractivity (Wildman–Crippen MR) is 185 cm³/mol. The van der Waals surface area contributed by atoms with Crippen molar-refractivity contribution in [2.75, 3.05) is 95.0 Å². The van der Waals surface area contributed by atoms with E-state index < -0.39 is 78.8 Å². The van der Waals surface area contributed by atoms with Gasteiger partial charge in [0.1, 0.15) is 28.6 Å². The molecule has 2 atom stereocenters. The molecule has 4 aliphatic heterocycles. The molecule has 2 aromatic rings. The average Bonchev–Trinajstić information content (AvgIpc) is 3.66. The van der Waals surface area contributed by atoms with Gasteiger partial charge in [-0.15, -0.1) is 0 Å². The van der Waals surface area contributed by atoms with E-state index >= 15 is 0 Å². The number of benzene rings is 2. The number of carbonyl (C=O) groups is 2.